The van der Waals surface area contributed by atoms with E-state index >= 15 is 4.39 Å². The summed E-state index contributed by atoms with van der Waals surface area (Å²) in [5.41, 5.74) is -6.55. The summed E-state index contributed by atoms with van der Waals surface area (Å²) in [5, 5.41) is 37.8. The molecule has 0 saturated heterocycles. The third kappa shape index (κ3) is 3.17. The maximum atomic E-state index is 15.1. The largest absolute Gasteiger partial charge is 0.416 e. The number of aromatic nitrogens is 2. The Bertz CT molecular complexity index is 1810. The highest BCUT2D eigenvalue weighted by molar-refractivity contribution is 6.06. The van der Waals surface area contributed by atoms with Gasteiger partial charge in [-0.1, -0.05) is 0 Å². The van der Waals surface area contributed by atoms with Crippen molar-refractivity contribution in [3.05, 3.63) is 80.9 Å². The summed E-state index contributed by atoms with van der Waals surface area (Å²) in [6, 6.07) is 8.34. The van der Waals surface area contributed by atoms with Crippen molar-refractivity contribution in [1.82, 2.24) is 9.97 Å². The van der Waals surface area contributed by atoms with Crippen molar-refractivity contribution >= 4 is 11.1 Å². The minimum absolute atomic E-state index is 0.204. The summed E-state index contributed by atoms with van der Waals surface area (Å²) in [7, 11) is 0. The van der Waals surface area contributed by atoms with Crippen LogP contribution in [-0.4, -0.2) is 9.97 Å². The van der Waals surface area contributed by atoms with Gasteiger partial charge in [-0.2, -0.15) is 34.2 Å². The fourth-order valence-electron chi connectivity index (χ4n) is 4.39. The molecule has 0 bridgehead atoms. The summed E-state index contributed by atoms with van der Waals surface area (Å²) < 4.78 is 84.4. The van der Waals surface area contributed by atoms with Crippen LogP contribution in [0.15, 0.2) is 35.4 Å². The van der Waals surface area contributed by atoms with Crippen LogP contribution in [-0.2, 0) is 6.18 Å². The number of benzene rings is 2. The molecule has 1 aromatic heterocycles. The molecule has 0 fully saturated rings. The molecule has 2 aliphatic rings. The lowest BCUT2D eigenvalue weighted by atomic mass is 9.98. The van der Waals surface area contributed by atoms with Crippen molar-refractivity contribution in [2.45, 2.75) is 6.18 Å². The lowest BCUT2D eigenvalue weighted by Gasteiger charge is -2.10. The lowest BCUT2D eigenvalue weighted by molar-refractivity contribution is -0.137. The van der Waals surface area contributed by atoms with Crippen molar-refractivity contribution in [2.75, 3.05) is 0 Å². The molecule has 0 N–H and O–H groups in total. The number of nitrogens with zero attached hydrogens (tertiary/aromatic N) is 6. The number of rotatable bonds is 0. The third-order valence-corrected chi connectivity index (χ3v) is 5.80. The molecule has 0 amide bonds. The molecule has 0 spiro atoms. The topological polar surface area (TPSA) is 121 Å². The zero-order valence-electron chi connectivity index (χ0n) is 17.8. The molecule has 176 valence electrons. The van der Waals surface area contributed by atoms with Gasteiger partial charge in [0.2, 0.25) is 0 Å². The number of alkyl halides is 3. The van der Waals surface area contributed by atoms with Gasteiger partial charge in [0.05, 0.1) is 5.56 Å². The number of halogens is 6. The standard InChI is InChI=1S/C25H4F6N6/c26-12-3-14-18(10(7-34)8-35)22-24(20(14)16(28)4-12)36-21-17(9(5-32)6-33)13-1-11(25(29,30)31)2-15(27)19(13)23(21)37-22/h1-4H. The van der Waals surface area contributed by atoms with Crippen LogP contribution in [0.2, 0.25) is 0 Å². The van der Waals surface area contributed by atoms with Gasteiger partial charge in [-0.05, 0) is 23.8 Å². The van der Waals surface area contributed by atoms with E-state index in [0.717, 1.165) is 6.07 Å². The maximum Gasteiger partial charge on any atom is 0.416 e. The van der Waals surface area contributed by atoms with E-state index in [1.54, 1.807) is 12.1 Å². The number of hydrogen-bond acceptors (Lipinski definition) is 6. The first-order valence-electron chi connectivity index (χ1n) is 9.98. The van der Waals surface area contributed by atoms with Gasteiger partial charge in [-0.25, -0.2) is 23.1 Å². The van der Waals surface area contributed by atoms with Crippen LogP contribution in [0.1, 0.15) is 28.1 Å². The van der Waals surface area contributed by atoms with Crippen molar-refractivity contribution < 1.29 is 26.3 Å². The van der Waals surface area contributed by atoms with Crippen LogP contribution in [0.5, 0.6) is 0 Å². The van der Waals surface area contributed by atoms with E-state index in [1.165, 1.54) is 12.1 Å². The third-order valence-electron chi connectivity index (χ3n) is 5.80. The van der Waals surface area contributed by atoms with Crippen molar-refractivity contribution in [3.63, 3.8) is 0 Å². The Hall–Kier alpha value is -5.46. The van der Waals surface area contributed by atoms with Crippen molar-refractivity contribution in [3.8, 4) is 46.8 Å². The van der Waals surface area contributed by atoms with E-state index in [2.05, 4.69) is 9.97 Å². The molecule has 0 radical (unpaired) electrons. The number of fused-ring (bicyclic) bond motifs is 6. The van der Waals surface area contributed by atoms with Gasteiger partial charge in [0.1, 0.15) is 75.7 Å². The highest BCUT2D eigenvalue weighted by atomic mass is 19.4. The molecule has 2 aliphatic carbocycles. The van der Waals surface area contributed by atoms with Gasteiger partial charge in [0, 0.05) is 33.9 Å². The summed E-state index contributed by atoms with van der Waals surface area (Å²) >= 11 is 0. The molecule has 0 atom stereocenters. The molecule has 5 rings (SSSR count). The Kier molecular flexibility index (Phi) is 4.89. The van der Waals surface area contributed by atoms with Crippen LogP contribution < -0.4 is 0 Å². The van der Waals surface area contributed by atoms with Gasteiger partial charge in [0.15, 0.2) is 0 Å². The van der Waals surface area contributed by atoms with E-state index in [4.69, 9.17) is 0 Å². The second kappa shape index (κ2) is 7.78. The molecule has 1 heterocycles. The molecule has 6 nitrogen and oxygen atoms in total. The number of allylic oxidation sites excluding steroid dienone is 2. The average Bonchev–Trinajstić information content (AvgIpc) is 3.32. The maximum absolute atomic E-state index is 15.1. The average molecular weight is 502 g/mol. The van der Waals surface area contributed by atoms with Gasteiger partial charge < -0.3 is 0 Å². The molecule has 0 saturated carbocycles. The first-order chi connectivity index (χ1) is 17.5. The highest BCUT2D eigenvalue weighted by Gasteiger charge is 2.41. The highest BCUT2D eigenvalue weighted by Crippen LogP contribution is 2.52. The van der Waals surface area contributed by atoms with E-state index in [-0.39, 0.29) is 34.2 Å². The first-order valence-corrected chi connectivity index (χ1v) is 9.98. The van der Waals surface area contributed by atoms with E-state index in [1.807, 2.05) is 0 Å². The Morgan fingerprint density at radius 3 is 1.49 bits per heavy atom. The molecule has 37 heavy (non-hydrogen) atoms. The Balaban J connectivity index is 1.97. The summed E-state index contributed by atoms with van der Waals surface area (Å²) in [6.45, 7) is 0. The molecular formula is C25H4F6N6. The predicted molar refractivity (Wildman–Crippen MR) is 112 cm³/mol. The molecule has 3 aromatic rings. The van der Waals surface area contributed by atoms with E-state index < -0.39 is 68.4 Å². The number of nitriles is 4. The molecule has 12 heteroatoms. The zero-order chi connectivity index (χ0) is 26.8. The normalized spacial score (nSPS) is 12.4. The molecule has 0 aliphatic heterocycles. The fourth-order valence-corrected chi connectivity index (χ4v) is 4.39. The van der Waals surface area contributed by atoms with Crippen molar-refractivity contribution in [2.24, 2.45) is 0 Å². The van der Waals surface area contributed by atoms with Crippen LogP contribution >= 0.6 is 0 Å². The Labute approximate surface area is 202 Å². The zero-order valence-corrected chi connectivity index (χ0v) is 17.8. The second-order valence-corrected chi connectivity index (χ2v) is 7.75. The minimum atomic E-state index is -4.98. The Morgan fingerprint density at radius 1 is 0.622 bits per heavy atom. The van der Waals surface area contributed by atoms with Gasteiger partial charge in [-0.3, -0.25) is 0 Å². The summed E-state index contributed by atoms with van der Waals surface area (Å²) in [6.07, 6.45) is -4.98. The van der Waals surface area contributed by atoms with Crippen LogP contribution in [0.3, 0.4) is 0 Å². The molecule has 0 unspecified atom stereocenters. The molecular weight excluding hydrogens is 498 g/mol. The van der Waals surface area contributed by atoms with Crippen molar-refractivity contribution in [1.29, 1.82) is 21.0 Å². The van der Waals surface area contributed by atoms with Gasteiger partial charge in [-0.15, -0.1) is 0 Å². The van der Waals surface area contributed by atoms with Crippen LogP contribution in [0, 0.1) is 62.8 Å². The van der Waals surface area contributed by atoms with E-state index in [0.29, 0.717) is 12.1 Å². The minimum Gasteiger partial charge on any atom is -0.243 e. The van der Waals surface area contributed by atoms with Gasteiger partial charge >= 0.3 is 6.18 Å². The Morgan fingerprint density at radius 2 is 1.05 bits per heavy atom. The first kappa shape index (κ1) is 23.3. The van der Waals surface area contributed by atoms with Crippen LogP contribution in [0.25, 0.3) is 33.7 Å². The second-order valence-electron chi connectivity index (χ2n) is 7.75. The molecule has 2 aromatic carbocycles. The summed E-state index contributed by atoms with van der Waals surface area (Å²) in [4.78, 5) is 8.45. The monoisotopic (exact) mass is 502 g/mol. The lowest BCUT2D eigenvalue weighted by Crippen LogP contribution is -2.06. The van der Waals surface area contributed by atoms with E-state index in [9.17, 15) is 43.0 Å². The quantitative estimate of drug-likeness (QED) is 0.202. The number of hydrogen-bond donors (Lipinski definition) is 0. The van der Waals surface area contributed by atoms with Crippen LogP contribution in [0.4, 0.5) is 26.3 Å². The summed E-state index contributed by atoms with van der Waals surface area (Å²) in [5.74, 6) is -3.59. The predicted octanol–water partition coefficient (Wildman–Crippen LogP) is 5.57. The van der Waals surface area contributed by atoms with Gasteiger partial charge in [0.25, 0.3) is 0 Å². The fraction of sp³-hybridized carbons (Fsp3) is 0.0400. The smallest absolute Gasteiger partial charge is 0.243 e. The SMILES string of the molecule is N#CC(C#N)=C1c2cc(F)cc(F)c2-c2nc3c(nc21)-c1c(F)cc(C(F)(F)F)cc1C3=C(C#N)C#N.